The van der Waals surface area contributed by atoms with Gasteiger partial charge in [0.05, 0.1) is 40.7 Å². The van der Waals surface area contributed by atoms with Gasteiger partial charge in [0, 0.05) is 78.7 Å². The number of likely N-dealkylation sites (N-methyl/N-ethyl adjacent to an activating group) is 1. The number of esters is 1. The van der Waals surface area contributed by atoms with Gasteiger partial charge in [0.15, 0.2) is 0 Å². The molecule has 2 fully saturated rings. The second-order valence-electron chi connectivity index (χ2n) is 19.6. The number of carbonyl (C=O) groups excluding carboxylic acids is 4. The molecule has 6 heterocycles. The summed E-state index contributed by atoms with van der Waals surface area (Å²) in [5.74, 6) is -1.97. The topological polar surface area (TPSA) is 151 Å². The highest BCUT2D eigenvalue weighted by molar-refractivity contribution is 7.10. The number of rotatable bonds is 10. The largest absolute Gasteiger partial charge is 0.464 e. The number of amides is 3. The van der Waals surface area contributed by atoms with E-state index in [9.17, 15) is 19.2 Å². The first-order valence-electron chi connectivity index (χ1n) is 23.7. The lowest BCUT2D eigenvalue weighted by molar-refractivity contribution is -0.155. The number of cyclic esters (lactones) is 1. The van der Waals surface area contributed by atoms with E-state index in [0.29, 0.717) is 43.8 Å². The Bertz CT molecular complexity index is 2610. The number of methoxy groups -OCH3 is 1. The summed E-state index contributed by atoms with van der Waals surface area (Å²) in [6.07, 6.45) is 3.95. The van der Waals surface area contributed by atoms with Crippen LogP contribution in [-0.4, -0.2) is 112 Å². The number of aryl methyl sites for hydroxylation is 1. The van der Waals surface area contributed by atoms with E-state index in [4.69, 9.17) is 19.4 Å². The molecule has 3 amide bonds. The number of nitrogens with zero attached hydrogens (tertiary/aromatic N) is 6. The smallest absolute Gasteiger partial charge is 0.324 e. The van der Waals surface area contributed by atoms with Crippen LogP contribution in [0, 0.1) is 17.3 Å². The number of ether oxygens (including phenoxy) is 2. The van der Waals surface area contributed by atoms with E-state index in [1.807, 2.05) is 69.6 Å². The molecule has 14 nitrogen and oxygen atoms in total. The minimum Gasteiger partial charge on any atom is -0.464 e. The third kappa shape index (κ3) is 9.79. The first kappa shape index (κ1) is 48.0. The maximum atomic E-state index is 14.7. The van der Waals surface area contributed by atoms with Crippen LogP contribution in [0.4, 0.5) is 0 Å². The standard InChI is InChI=1S/C52H66N8O6S/c1-10-59-42-21-20-34-26-37(42)38(47(59)35-18-14-23-53-44(35)32(4)65-9)28-52(5,6)30-66-51(64)39-19-15-24-60(56-39)50(63)40(27-43-54-41(34)29-67-43)55-48(61)45(31(2)3)58(8)49(62)36-22-25-57(7)46(36)33-16-12-11-13-17-33/h11-14,16-18,20-21,23,26,29,31-32,36,39-40,45-46,56H,10,15,19,22,24-25,27-28,30H2,1-9H3,(H,55,61)/t32-,36+,39-,40-,45-,46+/m0/s1. The molecule has 2 aromatic carbocycles. The predicted octanol–water partition coefficient (Wildman–Crippen LogP) is 7.38. The molecule has 2 N–H and O–H groups in total. The van der Waals surface area contributed by atoms with Gasteiger partial charge in [-0.3, -0.25) is 34.1 Å². The number of likely N-dealkylation sites (tertiary alicyclic amines) is 1. The van der Waals surface area contributed by atoms with Gasteiger partial charge in [-0.25, -0.2) is 10.4 Å². The molecule has 0 unspecified atom stereocenters. The van der Waals surface area contributed by atoms with E-state index in [1.165, 1.54) is 16.3 Å². The Morgan fingerprint density at radius 1 is 1.06 bits per heavy atom. The minimum absolute atomic E-state index is 0.105. The molecule has 3 aliphatic rings. The van der Waals surface area contributed by atoms with E-state index < -0.39 is 35.4 Å². The number of benzene rings is 2. The lowest BCUT2D eigenvalue weighted by Gasteiger charge is -2.37. The summed E-state index contributed by atoms with van der Waals surface area (Å²) < 4.78 is 14.3. The summed E-state index contributed by atoms with van der Waals surface area (Å²) in [5.41, 5.74) is 10.5. The van der Waals surface area contributed by atoms with Crippen molar-refractivity contribution in [3.05, 3.63) is 94.1 Å². The van der Waals surface area contributed by atoms with Gasteiger partial charge < -0.3 is 24.3 Å². The fourth-order valence-electron chi connectivity index (χ4n) is 10.5. The van der Waals surface area contributed by atoms with Gasteiger partial charge >= 0.3 is 5.97 Å². The number of fused-ring (bicyclic) bond motifs is 6. The van der Waals surface area contributed by atoms with Gasteiger partial charge in [-0.1, -0.05) is 64.1 Å². The van der Waals surface area contributed by atoms with Gasteiger partial charge in [0.25, 0.3) is 5.91 Å². The van der Waals surface area contributed by atoms with Gasteiger partial charge in [0.1, 0.15) is 18.1 Å². The normalized spacial score (nSPS) is 22.3. The summed E-state index contributed by atoms with van der Waals surface area (Å²) in [5, 5.41) is 8.28. The van der Waals surface area contributed by atoms with Crippen LogP contribution in [0.1, 0.15) is 94.8 Å². The van der Waals surface area contributed by atoms with Crippen LogP contribution in [-0.2, 0) is 48.0 Å². The Balaban J connectivity index is 1.16. The fourth-order valence-corrected chi connectivity index (χ4v) is 11.3. The molecular weight excluding hydrogens is 865 g/mol. The van der Waals surface area contributed by atoms with Crippen molar-refractivity contribution < 1.29 is 28.7 Å². The van der Waals surface area contributed by atoms with Crippen LogP contribution in [0.25, 0.3) is 33.4 Å². The molecule has 0 radical (unpaired) electrons. The van der Waals surface area contributed by atoms with Gasteiger partial charge in [-0.05, 0) is 94.4 Å². The van der Waals surface area contributed by atoms with Crippen LogP contribution in [0.15, 0.2) is 72.2 Å². The second kappa shape index (κ2) is 20.0. The molecule has 0 saturated carbocycles. The molecule has 6 atom stereocenters. The van der Waals surface area contributed by atoms with E-state index in [1.54, 1.807) is 25.3 Å². The van der Waals surface area contributed by atoms with Gasteiger partial charge in [-0.15, -0.1) is 11.3 Å². The minimum atomic E-state index is -1.05. The lowest BCUT2D eigenvalue weighted by atomic mass is 9.84. The first-order valence-corrected chi connectivity index (χ1v) is 24.6. The maximum Gasteiger partial charge on any atom is 0.324 e. The summed E-state index contributed by atoms with van der Waals surface area (Å²) in [4.78, 5) is 71.5. The van der Waals surface area contributed by atoms with Crippen molar-refractivity contribution >= 4 is 45.9 Å². The highest BCUT2D eigenvalue weighted by Crippen LogP contribution is 2.42. The third-order valence-corrected chi connectivity index (χ3v) is 14.8. The van der Waals surface area contributed by atoms with Crippen LogP contribution < -0.4 is 10.7 Å². The Kier molecular flexibility index (Phi) is 14.3. The Morgan fingerprint density at radius 2 is 1.84 bits per heavy atom. The summed E-state index contributed by atoms with van der Waals surface area (Å²) in [6.45, 7) is 14.1. The van der Waals surface area contributed by atoms with E-state index >= 15 is 0 Å². The maximum absolute atomic E-state index is 14.7. The number of hydrazine groups is 1. The molecule has 3 aromatic heterocycles. The van der Waals surface area contributed by atoms with E-state index in [2.05, 4.69) is 65.2 Å². The zero-order chi connectivity index (χ0) is 47.7. The zero-order valence-electron chi connectivity index (χ0n) is 40.4. The van der Waals surface area contributed by atoms with Crippen molar-refractivity contribution in [3.63, 3.8) is 0 Å². The van der Waals surface area contributed by atoms with Crippen molar-refractivity contribution in [2.24, 2.45) is 17.3 Å². The molecule has 8 rings (SSSR count). The number of hydrogen-bond acceptors (Lipinski definition) is 11. The Hall–Kier alpha value is -5.48. The molecule has 67 heavy (non-hydrogen) atoms. The highest BCUT2D eigenvalue weighted by Gasteiger charge is 2.43. The Labute approximate surface area is 398 Å². The second-order valence-corrected chi connectivity index (χ2v) is 20.6. The molecule has 3 aliphatic heterocycles. The SMILES string of the molecule is CCn1c(-c2cccnc2[C@H](C)OC)c2c3cc(ccc31)-c1csc(n1)C[C@H](NC(=O)[C@H](C(C)C)N(C)C(=O)[C@@H]1CCN(C)[C@@H]1c1ccccc1)C(=O)N1CCC[C@H](N1)C(=O)OCC(C)(C)C2. The van der Waals surface area contributed by atoms with Crippen molar-refractivity contribution in [1.29, 1.82) is 0 Å². The molecule has 0 spiro atoms. The average molecular weight is 931 g/mol. The molecule has 2 saturated heterocycles. The van der Waals surface area contributed by atoms with Crippen LogP contribution >= 0.6 is 11.3 Å². The zero-order valence-corrected chi connectivity index (χ0v) is 41.2. The van der Waals surface area contributed by atoms with Crippen LogP contribution in [0.2, 0.25) is 0 Å². The molecular formula is C52H66N8O6S. The van der Waals surface area contributed by atoms with Crippen LogP contribution in [0.3, 0.4) is 0 Å². The van der Waals surface area contributed by atoms with Crippen LogP contribution in [0.5, 0.6) is 0 Å². The predicted molar refractivity (Wildman–Crippen MR) is 261 cm³/mol. The molecule has 5 aromatic rings. The fraction of sp³-hybridized carbons (Fsp3) is 0.500. The van der Waals surface area contributed by atoms with E-state index in [0.717, 1.165) is 56.8 Å². The summed E-state index contributed by atoms with van der Waals surface area (Å²) >= 11 is 1.43. The quantitative estimate of drug-likeness (QED) is 0.136. The molecule has 15 heteroatoms. The molecule has 356 valence electrons. The number of carbonyl (C=O) groups is 4. The Morgan fingerprint density at radius 3 is 2.57 bits per heavy atom. The van der Waals surface area contributed by atoms with Gasteiger partial charge in [-0.2, -0.15) is 0 Å². The average Bonchev–Trinajstić information content (AvgIpc) is 4.04. The number of pyridine rings is 1. The summed E-state index contributed by atoms with van der Waals surface area (Å²) in [6, 6.07) is 17.7. The molecule has 6 bridgehead atoms. The first-order chi connectivity index (χ1) is 32.1. The summed E-state index contributed by atoms with van der Waals surface area (Å²) in [7, 11) is 5.42. The number of aromatic nitrogens is 3. The third-order valence-electron chi connectivity index (χ3n) is 13.9. The van der Waals surface area contributed by atoms with Crippen molar-refractivity contribution in [2.75, 3.05) is 40.9 Å². The molecule has 0 aliphatic carbocycles. The number of thiazole rings is 1. The van der Waals surface area contributed by atoms with Crippen molar-refractivity contribution in [1.82, 2.24) is 40.1 Å². The number of hydrogen-bond donors (Lipinski definition) is 2. The van der Waals surface area contributed by atoms with Crippen molar-refractivity contribution in [2.45, 2.75) is 110 Å². The lowest BCUT2D eigenvalue weighted by Crippen LogP contribution is -2.62. The monoisotopic (exact) mass is 930 g/mol. The van der Waals surface area contributed by atoms with Crippen molar-refractivity contribution in [3.8, 4) is 22.5 Å². The van der Waals surface area contributed by atoms with Gasteiger partial charge in [0.2, 0.25) is 11.8 Å². The van der Waals surface area contributed by atoms with E-state index in [-0.39, 0.29) is 48.8 Å². The number of nitrogens with one attached hydrogen (secondary N) is 2. The highest BCUT2D eigenvalue weighted by atomic mass is 32.1.